The van der Waals surface area contributed by atoms with Gasteiger partial charge in [0.15, 0.2) is 0 Å². The van der Waals surface area contributed by atoms with Gasteiger partial charge in [-0.3, -0.25) is 0 Å². The first-order valence-electron chi connectivity index (χ1n) is 5.99. The first kappa shape index (κ1) is 12.8. The Hall–Kier alpha value is -2.26. The van der Waals surface area contributed by atoms with E-state index in [1.54, 1.807) is 42.7 Å². The van der Waals surface area contributed by atoms with Crippen LogP contribution in [0.5, 0.6) is 11.5 Å². The molecule has 4 heteroatoms. The lowest BCUT2D eigenvalue weighted by Crippen LogP contribution is -1.88. The van der Waals surface area contributed by atoms with Crippen LogP contribution in [-0.2, 0) is 0 Å². The van der Waals surface area contributed by atoms with Crippen LogP contribution in [0, 0.1) is 5.82 Å². The largest absolute Gasteiger partial charge is 0.464 e. The summed E-state index contributed by atoms with van der Waals surface area (Å²) in [6.45, 7) is 0. The SMILES string of the molecule is Fc1cccc(Oc2ccc(Cl)cc2-c2ccco2)c1. The molecule has 0 aliphatic carbocycles. The van der Waals surface area contributed by atoms with Crippen molar-refractivity contribution in [1.29, 1.82) is 0 Å². The molecule has 0 unspecified atom stereocenters. The van der Waals surface area contributed by atoms with Crippen LogP contribution in [0.15, 0.2) is 65.3 Å². The van der Waals surface area contributed by atoms with E-state index >= 15 is 0 Å². The van der Waals surface area contributed by atoms with E-state index in [1.165, 1.54) is 12.1 Å². The molecular formula is C16H10ClFO2. The van der Waals surface area contributed by atoms with Crippen molar-refractivity contribution in [2.24, 2.45) is 0 Å². The van der Waals surface area contributed by atoms with E-state index in [1.807, 2.05) is 6.07 Å². The van der Waals surface area contributed by atoms with E-state index in [2.05, 4.69) is 0 Å². The molecule has 0 fully saturated rings. The molecule has 1 heterocycles. The van der Waals surface area contributed by atoms with Crippen molar-refractivity contribution in [3.8, 4) is 22.8 Å². The second-order valence-electron chi connectivity index (χ2n) is 4.18. The number of hydrogen-bond donors (Lipinski definition) is 0. The van der Waals surface area contributed by atoms with Gasteiger partial charge in [-0.05, 0) is 42.5 Å². The lowest BCUT2D eigenvalue weighted by Gasteiger charge is -2.10. The van der Waals surface area contributed by atoms with Crippen LogP contribution >= 0.6 is 11.6 Å². The van der Waals surface area contributed by atoms with Gasteiger partial charge in [0.1, 0.15) is 23.1 Å². The van der Waals surface area contributed by atoms with Crippen LogP contribution in [0.25, 0.3) is 11.3 Å². The highest BCUT2D eigenvalue weighted by molar-refractivity contribution is 6.30. The van der Waals surface area contributed by atoms with E-state index in [9.17, 15) is 4.39 Å². The molecule has 0 aliphatic rings. The number of halogens is 2. The van der Waals surface area contributed by atoms with Gasteiger partial charge in [0.25, 0.3) is 0 Å². The van der Waals surface area contributed by atoms with Crippen molar-refractivity contribution >= 4 is 11.6 Å². The van der Waals surface area contributed by atoms with E-state index in [0.29, 0.717) is 27.8 Å². The topological polar surface area (TPSA) is 22.4 Å². The second-order valence-corrected chi connectivity index (χ2v) is 4.61. The summed E-state index contributed by atoms with van der Waals surface area (Å²) in [4.78, 5) is 0. The Morgan fingerprint density at radius 1 is 1.00 bits per heavy atom. The van der Waals surface area contributed by atoms with Crippen LogP contribution in [0.3, 0.4) is 0 Å². The summed E-state index contributed by atoms with van der Waals surface area (Å²) in [5, 5.41) is 0.572. The summed E-state index contributed by atoms with van der Waals surface area (Å²) >= 11 is 6.00. The lowest BCUT2D eigenvalue weighted by molar-refractivity contribution is 0.475. The van der Waals surface area contributed by atoms with Crippen molar-refractivity contribution in [3.05, 3.63) is 71.7 Å². The van der Waals surface area contributed by atoms with Crippen molar-refractivity contribution in [1.82, 2.24) is 0 Å². The van der Waals surface area contributed by atoms with Crippen LogP contribution in [0.1, 0.15) is 0 Å². The Labute approximate surface area is 120 Å². The smallest absolute Gasteiger partial charge is 0.138 e. The Bertz CT molecular complexity index is 723. The summed E-state index contributed by atoms with van der Waals surface area (Å²) in [6, 6.07) is 14.7. The maximum absolute atomic E-state index is 13.2. The Kier molecular flexibility index (Phi) is 3.44. The third-order valence-corrected chi connectivity index (χ3v) is 2.99. The van der Waals surface area contributed by atoms with Crippen molar-refractivity contribution < 1.29 is 13.5 Å². The molecule has 0 saturated carbocycles. The van der Waals surface area contributed by atoms with Gasteiger partial charge in [-0.25, -0.2) is 4.39 Å². The highest BCUT2D eigenvalue weighted by Crippen LogP contribution is 2.35. The number of benzene rings is 2. The number of furan rings is 1. The Balaban J connectivity index is 2.01. The first-order valence-corrected chi connectivity index (χ1v) is 6.37. The van der Waals surface area contributed by atoms with Gasteiger partial charge < -0.3 is 9.15 Å². The zero-order valence-corrected chi connectivity index (χ0v) is 11.1. The molecule has 0 aliphatic heterocycles. The second kappa shape index (κ2) is 5.39. The third-order valence-electron chi connectivity index (χ3n) is 2.75. The van der Waals surface area contributed by atoms with Crippen molar-refractivity contribution in [2.75, 3.05) is 0 Å². The molecule has 0 atom stereocenters. The standard InChI is InChI=1S/C16H10ClFO2/c17-11-6-7-16(14(9-11)15-5-2-8-19-15)20-13-4-1-3-12(18)10-13/h1-10H. The van der Waals surface area contributed by atoms with E-state index < -0.39 is 0 Å². The summed E-state index contributed by atoms with van der Waals surface area (Å²) in [7, 11) is 0. The maximum Gasteiger partial charge on any atom is 0.138 e. The molecule has 0 saturated heterocycles. The minimum atomic E-state index is -0.351. The minimum Gasteiger partial charge on any atom is -0.464 e. The average molecular weight is 289 g/mol. The van der Waals surface area contributed by atoms with Crippen molar-refractivity contribution in [3.63, 3.8) is 0 Å². The molecular weight excluding hydrogens is 279 g/mol. The Morgan fingerprint density at radius 3 is 2.65 bits per heavy atom. The maximum atomic E-state index is 13.2. The summed E-state index contributed by atoms with van der Waals surface area (Å²) in [5.74, 6) is 1.25. The number of rotatable bonds is 3. The molecule has 1 aromatic heterocycles. The normalized spacial score (nSPS) is 10.5. The molecule has 0 N–H and O–H groups in total. The van der Waals surface area contributed by atoms with E-state index in [0.717, 1.165) is 0 Å². The van der Waals surface area contributed by atoms with E-state index in [4.69, 9.17) is 20.8 Å². The highest BCUT2D eigenvalue weighted by Gasteiger charge is 2.11. The average Bonchev–Trinajstić information content (AvgIpc) is 2.95. The minimum absolute atomic E-state index is 0.351. The fraction of sp³-hybridized carbons (Fsp3) is 0. The molecule has 20 heavy (non-hydrogen) atoms. The molecule has 100 valence electrons. The van der Waals surface area contributed by atoms with Crippen LogP contribution < -0.4 is 4.74 Å². The molecule has 3 rings (SSSR count). The number of ether oxygens (including phenoxy) is 1. The molecule has 0 amide bonds. The summed E-state index contributed by atoms with van der Waals surface area (Å²) < 4.78 is 24.3. The summed E-state index contributed by atoms with van der Waals surface area (Å²) in [6.07, 6.45) is 1.57. The van der Waals surface area contributed by atoms with Crippen LogP contribution in [0.4, 0.5) is 4.39 Å². The van der Waals surface area contributed by atoms with Gasteiger partial charge in [-0.2, -0.15) is 0 Å². The molecule has 0 spiro atoms. The molecule has 2 aromatic carbocycles. The predicted molar refractivity (Wildman–Crippen MR) is 75.6 cm³/mol. The van der Waals surface area contributed by atoms with Gasteiger partial charge in [-0.1, -0.05) is 17.7 Å². The molecule has 3 aromatic rings. The zero-order chi connectivity index (χ0) is 13.9. The van der Waals surface area contributed by atoms with Gasteiger partial charge >= 0.3 is 0 Å². The van der Waals surface area contributed by atoms with Gasteiger partial charge in [-0.15, -0.1) is 0 Å². The van der Waals surface area contributed by atoms with Gasteiger partial charge in [0.2, 0.25) is 0 Å². The Morgan fingerprint density at radius 2 is 1.90 bits per heavy atom. The van der Waals surface area contributed by atoms with E-state index in [-0.39, 0.29) is 5.82 Å². The highest BCUT2D eigenvalue weighted by atomic mass is 35.5. The zero-order valence-electron chi connectivity index (χ0n) is 10.3. The molecule has 0 bridgehead atoms. The van der Waals surface area contributed by atoms with Gasteiger partial charge in [0, 0.05) is 11.1 Å². The quantitative estimate of drug-likeness (QED) is 0.632. The number of hydrogen-bond acceptors (Lipinski definition) is 2. The predicted octanol–water partition coefficient (Wildman–Crippen LogP) is 5.53. The van der Waals surface area contributed by atoms with Gasteiger partial charge in [0.05, 0.1) is 11.8 Å². The monoisotopic (exact) mass is 288 g/mol. The van der Waals surface area contributed by atoms with Crippen molar-refractivity contribution in [2.45, 2.75) is 0 Å². The summed E-state index contributed by atoms with van der Waals surface area (Å²) in [5.41, 5.74) is 0.715. The fourth-order valence-corrected chi connectivity index (χ4v) is 2.05. The lowest BCUT2D eigenvalue weighted by atomic mass is 10.1. The third kappa shape index (κ3) is 2.68. The first-order chi connectivity index (χ1) is 9.72. The van der Waals surface area contributed by atoms with Crippen LogP contribution in [-0.4, -0.2) is 0 Å². The van der Waals surface area contributed by atoms with Crippen LogP contribution in [0.2, 0.25) is 5.02 Å². The fourth-order valence-electron chi connectivity index (χ4n) is 1.87. The molecule has 2 nitrogen and oxygen atoms in total. The molecule has 0 radical (unpaired) electrons.